The van der Waals surface area contributed by atoms with E-state index in [0.29, 0.717) is 16.4 Å². The lowest BCUT2D eigenvalue weighted by atomic mass is 10.1. The van der Waals surface area contributed by atoms with Crippen LogP contribution in [0.2, 0.25) is 5.02 Å². The largest absolute Gasteiger partial charge is 0.378 e. The molecule has 0 fully saturated rings. The van der Waals surface area contributed by atoms with E-state index in [-0.39, 0.29) is 6.04 Å². The van der Waals surface area contributed by atoms with Gasteiger partial charge in [0.25, 0.3) is 5.91 Å². The molecule has 0 aliphatic carbocycles. The average Bonchev–Trinajstić information content (AvgIpc) is 2.87. The molecule has 1 unspecified atom stereocenters. The van der Waals surface area contributed by atoms with Crippen LogP contribution in [0, 0.1) is 0 Å². The summed E-state index contributed by atoms with van der Waals surface area (Å²) < 4.78 is 1.73. The van der Waals surface area contributed by atoms with Crippen molar-refractivity contribution in [3.8, 4) is 0 Å². The van der Waals surface area contributed by atoms with Crippen LogP contribution in [0.1, 0.15) is 31.6 Å². The molecule has 0 spiro atoms. The van der Waals surface area contributed by atoms with E-state index < -0.39 is 12.0 Å². The molecule has 1 heterocycles. The molecule has 2 aromatic rings. The quantitative estimate of drug-likeness (QED) is 0.911. The first-order valence-corrected chi connectivity index (χ1v) is 6.64. The first-order valence-electron chi connectivity index (χ1n) is 6.27. The Morgan fingerprint density at radius 2 is 1.95 bits per heavy atom. The summed E-state index contributed by atoms with van der Waals surface area (Å²) in [4.78, 5) is 11.9. The number of rotatable bonds is 4. The SMILES string of the molecule is CC(C)n1ccc(NC(=O)C(O)c2ccc(Cl)cc2)n1. The Kier molecular flexibility index (Phi) is 4.42. The number of anilines is 1. The second kappa shape index (κ2) is 6.07. The van der Waals surface area contributed by atoms with Gasteiger partial charge >= 0.3 is 0 Å². The fourth-order valence-electron chi connectivity index (χ4n) is 1.68. The van der Waals surface area contributed by atoms with Crippen LogP contribution in [0.25, 0.3) is 0 Å². The second-order valence-electron chi connectivity index (χ2n) is 4.72. The molecule has 0 saturated carbocycles. The Hall–Kier alpha value is -1.85. The third-order valence-electron chi connectivity index (χ3n) is 2.82. The van der Waals surface area contributed by atoms with E-state index in [1.165, 1.54) is 0 Å². The van der Waals surface area contributed by atoms with Gasteiger partial charge in [-0.05, 0) is 31.5 Å². The van der Waals surface area contributed by atoms with Crippen LogP contribution in [0.4, 0.5) is 5.82 Å². The molecular formula is C14H16ClN3O2. The normalized spacial score (nSPS) is 12.4. The molecule has 0 aliphatic heterocycles. The van der Waals surface area contributed by atoms with Crippen molar-refractivity contribution < 1.29 is 9.90 Å². The van der Waals surface area contributed by atoms with Gasteiger partial charge in [0.05, 0.1) is 0 Å². The van der Waals surface area contributed by atoms with Gasteiger partial charge in [-0.1, -0.05) is 23.7 Å². The number of benzene rings is 1. The fraction of sp³-hybridized carbons (Fsp3) is 0.286. The summed E-state index contributed by atoms with van der Waals surface area (Å²) in [7, 11) is 0. The van der Waals surface area contributed by atoms with E-state index >= 15 is 0 Å². The van der Waals surface area contributed by atoms with Crippen molar-refractivity contribution in [1.29, 1.82) is 0 Å². The maximum Gasteiger partial charge on any atom is 0.259 e. The molecule has 2 rings (SSSR count). The maximum atomic E-state index is 11.9. The second-order valence-corrected chi connectivity index (χ2v) is 5.15. The molecule has 2 N–H and O–H groups in total. The van der Waals surface area contributed by atoms with E-state index in [4.69, 9.17) is 11.6 Å². The fourth-order valence-corrected chi connectivity index (χ4v) is 1.81. The number of nitrogens with one attached hydrogen (secondary N) is 1. The molecular weight excluding hydrogens is 278 g/mol. The van der Waals surface area contributed by atoms with Gasteiger partial charge in [0, 0.05) is 23.3 Å². The molecule has 6 heteroatoms. The molecule has 5 nitrogen and oxygen atoms in total. The van der Waals surface area contributed by atoms with Gasteiger partial charge < -0.3 is 10.4 Å². The van der Waals surface area contributed by atoms with Crippen LogP contribution in [0.15, 0.2) is 36.5 Å². The third kappa shape index (κ3) is 3.37. The number of hydrogen-bond donors (Lipinski definition) is 2. The smallest absolute Gasteiger partial charge is 0.259 e. The van der Waals surface area contributed by atoms with Gasteiger partial charge in [-0.15, -0.1) is 0 Å². The van der Waals surface area contributed by atoms with Crippen LogP contribution in [0.5, 0.6) is 0 Å². The molecule has 106 valence electrons. The summed E-state index contributed by atoms with van der Waals surface area (Å²) in [6, 6.07) is 8.37. The number of hydrogen-bond acceptors (Lipinski definition) is 3. The molecule has 0 radical (unpaired) electrons. The summed E-state index contributed by atoms with van der Waals surface area (Å²) in [5.74, 6) is -0.113. The minimum Gasteiger partial charge on any atom is -0.378 e. The highest BCUT2D eigenvalue weighted by Crippen LogP contribution is 2.18. The van der Waals surface area contributed by atoms with E-state index in [0.717, 1.165) is 0 Å². The molecule has 1 amide bonds. The standard InChI is InChI=1S/C14H16ClN3O2/c1-9(2)18-8-7-12(17-18)16-14(20)13(19)10-3-5-11(15)6-4-10/h3-9,13,19H,1-2H3,(H,16,17,20). The first-order chi connectivity index (χ1) is 9.47. The van der Waals surface area contributed by atoms with Gasteiger partial charge in [0.15, 0.2) is 11.9 Å². The molecule has 0 aliphatic rings. The van der Waals surface area contributed by atoms with Crippen molar-refractivity contribution in [2.24, 2.45) is 0 Å². The Balaban J connectivity index is 2.05. The first kappa shape index (κ1) is 14.6. The number of carbonyl (C=O) groups excluding carboxylic acids is 1. The van der Waals surface area contributed by atoms with Gasteiger partial charge in [-0.25, -0.2) is 0 Å². The Morgan fingerprint density at radius 3 is 2.50 bits per heavy atom. The van der Waals surface area contributed by atoms with Crippen molar-refractivity contribution >= 4 is 23.3 Å². The molecule has 1 atom stereocenters. The van der Waals surface area contributed by atoms with Crippen molar-refractivity contribution in [3.63, 3.8) is 0 Å². The Bertz CT molecular complexity index is 593. The lowest BCUT2D eigenvalue weighted by molar-refractivity contribution is -0.124. The zero-order chi connectivity index (χ0) is 14.7. The minimum atomic E-state index is -1.25. The van der Waals surface area contributed by atoms with Crippen molar-refractivity contribution in [2.45, 2.75) is 26.0 Å². The number of aromatic nitrogens is 2. The number of amides is 1. The summed E-state index contributed by atoms with van der Waals surface area (Å²) in [6.07, 6.45) is 0.519. The summed E-state index contributed by atoms with van der Waals surface area (Å²) in [5.41, 5.74) is 0.482. The molecule has 1 aromatic carbocycles. The maximum absolute atomic E-state index is 11.9. The number of aliphatic hydroxyl groups excluding tert-OH is 1. The predicted octanol–water partition coefficient (Wildman–Crippen LogP) is 2.79. The highest BCUT2D eigenvalue weighted by molar-refractivity contribution is 6.30. The zero-order valence-electron chi connectivity index (χ0n) is 11.2. The highest BCUT2D eigenvalue weighted by atomic mass is 35.5. The van der Waals surface area contributed by atoms with Gasteiger partial charge in [-0.3, -0.25) is 9.48 Å². The topological polar surface area (TPSA) is 67.2 Å². The van der Waals surface area contributed by atoms with Crippen molar-refractivity contribution in [3.05, 3.63) is 47.1 Å². The number of aliphatic hydroxyl groups is 1. The van der Waals surface area contributed by atoms with Gasteiger partial charge in [0.2, 0.25) is 0 Å². The minimum absolute atomic E-state index is 0.210. The Morgan fingerprint density at radius 1 is 1.30 bits per heavy atom. The van der Waals surface area contributed by atoms with Gasteiger partial charge in [-0.2, -0.15) is 5.10 Å². The molecule has 0 saturated heterocycles. The van der Waals surface area contributed by atoms with Crippen molar-refractivity contribution in [1.82, 2.24) is 9.78 Å². The van der Waals surface area contributed by atoms with Crippen LogP contribution in [-0.4, -0.2) is 20.8 Å². The third-order valence-corrected chi connectivity index (χ3v) is 3.07. The van der Waals surface area contributed by atoms with E-state index in [1.54, 1.807) is 41.2 Å². The summed E-state index contributed by atoms with van der Waals surface area (Å²) in [5, 5.41) is 17.3. The van der Waals surface area contributed by atoms with Crippen LogP contribution < -0.4 is 5.32 Å². The lowest BCUT2D eigenvalue weighted by Crippen LogP contribution is -2.21. The number of carbonyl (C=O) groups is 1. The van der Waals surface area contributed by atoms with Crippen LogP contribution >= 0.6 is 11.6 Å². The molecule has 1 aromatic heterocycles. The number of nitrogens with zero attached hydrogens (tertiary/aromatic N) is 2. The van der Waals surface area contributed by atoms with E-state index in [2.05, 4.69) is 10.4 Å². The van der Waals surface area contributed by atoms with Crippen LogP contribution in [0.3, 0.4) is 0 Å². The lowest BCUT2D eigenvalue weighted by Gasteiger charge is -2.10. The molecule has 0 bridgehead atoms. The predicted molar refractivity (Wildman–Crippen MR) is 77.7 cm³/mol. The molecule has 20 heavy (non-hydrogen) atoms. The Labute approximate surface area is 122 Å². The summed E-state index contributed by atoms with van der Waals surface area (Å²) in [6.45, 7) is 3.97. The van der Waals surface area contributed by atoms with Crippen LogP contribution in [-0.2, 0) is 4.79 Å². The van der Waals surface area contributed by atoms with E-state index in [9.17, 15) is 9.90 Å². The monoisotopic (exact) mass is 293 g/mol. The number of halogens is 1. The zero-order valence-corrected chi connectivity index (χ0v) is 12.0. The average molecular weight is 294 g/mol. The summed E-state index contributed by atoms with van der Waals surface area (Å²) >= 11 is 5.76. The van der Waals surface area contributed by atoms with Crippen molar-refractivity contribution in [2.75, 3.05) is 5.32 Å². The van der Waals surface area contributed by atoms with E-state index in [1.807, 2.05) is 13.8 Å². The van der Waals surface area contributed by atoms with Gasteiger partial charge in [0.1, 0.15) is 0 Å². The highest BCUT2D eigenvalue weighted by Gasteiger charge is 2.18.